The molecular formula is C23H36N8O. The van der Waals surface area contributed by atoms with Gasteiger partial charge in [-0.3, -0.25) is 9.69 Å². The van der Waals surface area contributed by atoms with Crippen LogP contribution in [0.1, 0.15) is 23.9 Å². The van der Waals surface area contributed by atoms with Crippen molar-refractivity contribution in [3.63, 3.8) is 0 Å². The lowest BCUT2D eigenvalue weighted by Gasteiger charge is -2.36. The fourth-order valence-electron chi connectivity index (χ4n) is 3.77. The predicted octanol–water partition coefficient (Wildman–Crippen LogP) is 1.00. The standard InChI is InChI=1S/C23H36N8O/c1-5-21-27-26-18-31(21)10-9-24-23(25-16-22(32)28(3)4)30-13-11-29(12-14-30)17-20-8-6-7-19(2)15-20/h6-8,15,18H,5,9-14,16-17H2,1-4H3,(H,24,25). The van der Waals surface area contributed by atoms with Gasteiger partial charge >= 0.3 is 0 Å². The van der Waals surface area contributed by atoms with Gasteiger partial charge in [0, 0.05) is 66.3 Å². The summed E-state index contributed by atoms with van der Waals surface area (Å²) in [4.78, 5) is 23.0. The SMILES string of the molecule is CCc1nncn1CCNC(=NCC(=O)N(C)C)N1CCN(Cc2cccc(C)c2)CC1. The number of likely N-dealkylation sites (N-methyl/N-ethyl adjacent to an activating group) is 1. The van der Waals surface area contributed by atoms with E-state index in [0.717, 1.165) is 57.5 Å². The van der Waals surface area contributed by atoms with Gasteiger partial charge in [-0.15, -0.1) is 10.2 Å². The van der Waals surface area contributed by atoms with Crippen LogP contribution in [0, 0.1) is 6.92 Å². The molecule has 0 bridgehead atoms. The van der Waals surface area contributed by atoms with Crippen molar-refractivity contribution in [2.75, 3.05) is 53.4 Å². The number of nitrogens with zero attached hydrogens (tertiary/aromatic N) is 7. The summed E-state index contributed by atoms with van der Waals surface area (Å²) in [6.45, 7) is 10.4. The minimum atomic E-state index is -0.00513. The first-order chi connectivity index (χ1) is 15.5. The molecule has 0 atom stereocenters. The third-order valence-corrected chi connectivity index (χ3v) is 5.67. The van der Waals surface area contributed by atoms with Crippen molar-refractivity contribution in [2.24, 2.45) is 4.99 Å². The number of carbonyl (C=O) groups is 1. The van der Waals surface area contributed by atoms with Crippen LogP contribution in [0.2, 0.25) is 0 Å². The lowest BCUT2D eigenvalue weighted by Crippen LogP contribution is -2.52. The highest BCUT2D eigenvalue weighted by molar-refractivity contribution is 5.84. The molecule has 0 aliphatic carbocycles. The average molecular weight is 441 g/mol. The van der Waals surface area contributed by atoms with Crippen molar-refractivity contribution in [3.05, 3.63) is 47.5 Å². The summed E-state index contributed by atoms with van der Waals surface area (Å²) in [6.07, 6.45) is 2.61. The number of aryl methyl sites for hydroxylation is 2. The van der Waals surface area contributed by atoms with Gasteiger partial charge in [-0.2, -0.15) is 0 Å². The summed E-state index contributed by atoms with van der Waals surface area (Å²) in [5.41, 5.74) is 2.65. The molecule has 0 radical (unpaired) electrons. The van der Waals surface area contributed by atoms with Crippen molar-refractivity contribution < 1.29 is 4.79 Å². The maximum atomic E-state index is 12.1. The van der Waals surface area contributed by atoms with Gasteiger partial charge in [-0.1, -0.05) is 36.8 Å². The van der Waals surface area contributed by atoms with Crippen LogP contribution in [0.15, 0.2) is 35.6 Å². The second-order valence-corrected chi connectivity index (χ2v) is 8.40. The molecule has 2 aromatic rings. The highest BCUT2D eigenvalue weighted by atomic mass is 16.2. The molecule has 174 valence electrons. The number of hydrogen-bond acceptors (Lipinski definition) is 5. The molecule has 9 nitrogen and oxygen atoms in total. The molecule has 2 heterocycles. The first kappa shape index (κ1) is 23.7. The zero-order valence-corrected chi connectivity index (χ0v) is 19.8. The van der Waals surface area contributed by atoms with E-state index in [2.05, 4.69) is 73.0 Å². The van der Waals surface area contributed by atoms with Crippen LogP contribution in [0.4, 0.5) is 0 Å². The summed E-state index contributed by atoms with van der Waals surface area (Å²) in [6, 6.07) is 8.70. The number of benzene rings is 1. The van der Waals surface area contributed by atoms with E-state index in [1.807, 2.05) is 0 Å². The second-order valence-electron chi connectivity index (χ2n) is 8.40. The molecule has 1 amide bonds. The normalized spacial score (nSPS) is 15.1. The van der Waals surface area contributed by atoms with Crippen molar-refractivity contribution in [3.8, 4) is 0 Å². The third-order valence-electron chi connectivity index (χ3n) is 5.67. The Hall–Kier alpha value is -2.94. The Morgan fingerprint density at radius 2 is 2.00 bits per heavy atom. The molecule has 9 heteroatoms. The van der Waals surface area contributed by atoms with Crippen LogP contribution in [0.25, 0.3) is 0 Å². The Morgan fingerprint density at radius 3 is 2.69 bits per heavy atom. The van der Waals surface area contributed by atoms with Crippen LogP contribution in [-0.4, -0.2) is 94.7 Å². The molecule has 32 heavy (non-hydrogen) atoms. The Labute approximate surface area is 191 Å². The molecule has 1 N–H and O–H groups in total. The van der Waals surface area contributed by atoms with E-state index >= 15 is 0 Å². The minimum Gasteiger partial charge on any atom is -0.354 e. The van der Waals surface area contributed by atoms with Crippen molar-refractivity contribution in [1.29, 1.82) is 0 Å². The predicted molar refractivity (Wildman–Crippen MR) is 126 cm³/mol. The first-order valence-electron chi connectivity index (χ1n) is 11.3. The molecule has 1 aromatic heterocycles. The van der Waals surface area contributed by atoms with Crippen LogP contribution in [-0.2, 0) is 24.3 Å². The molecule has 1 aliphatic heterocycles. The Balaban J connectivity index is 1.57. The van der Waals surface area contributed by atoms with Gasteiger partial charge in [0.2, 0.25) is 5.91 Å². The fraction of sp³-hybridized carbons (Fsp3) is 0.565. The zero-order valence-electron chi connectivity index (χ0n) is 19.8. The highest BCUT2D eigenvalue weighted by Gasteiger charge is 2.20. The van der Waals surface area contributed by atoms with Gasteiger partial charge in [-0.25, -0.2) is 4.99 Å². The largest absolute Gasteiger partial charge is 0.354 e. The molecule has 1 fully saturated rings. The lowest BCUT2D eigenvalue weighted by molar-refractivity contribution is -0.127. The topological polar surface area (TPSA) is 81.9 Å². The lowest BCUT2D eigenvalue weighted by atomic mass is 10.1. The number of amides is 1. The second kappa shape index (κ2) is 11.6. The summed E-state index contributed by atoms with van der Waals surface area (Å²) in [5, 5.41) is 11.6. The van der Waals surface area contributed by atoms with E-state index in [4.69, 9.17) is 0 Å². The molecule has 1 aromatic carbocycles. The van der Waals surface area contributed by atoms with Crippen LogP contribution in [0.5, 0.6) is 0 Å². The van der Waals surface area contributed by atoms with E-state index in [-0.39, 0.29) is 12.5 Å². The highest BCUT2D eigenvalue weighted by Crippen LogP contribution is 2.10. The molecular weight excluding hydrogens is 404 g/mol. The van der Waals surface area contributed by atoms with Crippen LogP contribution in [0.3, 0.4) is 0 Å². The number of nitrogens with one attached hydrogen (secondary N) is 1. The van der Waals surface area contributed by atoms with E-state index in [1.54, 1.807) is 25.3 Å². The molecule has 0 spiro atoms. The maximum Gasteiger partial charge on any atom is 0.243 e. The first-order valence-corrected chi connectivity index (χ1v) is 11.3. The molecule has 3 rings (SSSR count). The summed E-state index contributed by atoms with van der Waals surface area (Å²) < 4.78 is 2.05. The van der Waals surface area contributed by atoms with E-state index in [0.29, 0.717) is 6.54 Å². The zero-order chi connectivity index (χ0) is 22.9. The van der Waals surface area contributed by atoms with Crippen molar-refractivity contribution in [1.82, 2.24) is 34.8 Å². The number of rotatable bonds is 8. The quantitative estimate of drug-likeness (QED) is 0.487. The number of piperazine rings is 1. The number of aromatic nitrogens is 3. The number of aliphatic imine (C=N–C) groups is 1. The molecule has 0 unspecified atom stereocenters. The summed E-state index contributed by atoms with van der Waals surface area (Å²) >= 11 is 0. The van der Waals surface area contributed by atoms with Gasteiger partial charge in [0.05, 0.1) is 0 Å². The van der Waals surface area contributed by atoms with Crippen LogP contribution < -0.4 is 5.32 Å². The Kier molecular flexibility index (Phi) is 8.61. The van der Waals surface area contributed by atoms with Crippen LogP contribution >= 0.6 is 0 Å². The fourth-order valence-corrected chi connectivity index (χ4v) is 3.77. The Bertz CT molecular complexity index is 899. The van der Waals surface area contributed by atoms with Crippen molar-refractivity contribution >= 4 is 11.9 Å². The van der Waals surface area contributed by atoms with Gasteiger partial charge < -0.3 is 19.7 Å². The number of hydrogen-bond donors (Lipinski definition) is 1. The maximum absolute atomic E-state index is 12.1. The van der Waals surface area contributed by atoms with Gasteiger partial charge in [0.15, 0.2) is 5.96 Å². The van der Waals surface area contributed by atoms with E-state index in [9.17, 15) is 4.79 Å². The molecule has 0 saturated carbocycles. The monoisotopic (exact) mass is 440 g/mol. The number of guanidine groups is 1. The van der Waals surface area contributed by atoms with Gasteiger partial charge in [-0.05, 0) is 12.5 Å². The summed E-state index contributed by atoms with van der Waals surface area (Å²) in [7, 11) is 3.51. The Morgan fingerprint density at radius 1 is 1.22 bits per heavy atom. The van der Waals surface area contributed by atoms with Crippen molar-refractivity contribution in [2.45, 2.75) is 33.4 Å². The van der Waals surface area contributed by atoms with E-state index < -0.39 is 0 Å². The third kappa shape index (κ3) is 6.78. The average Bonchev–Trinajstić information content (AvgIpc) is 3.24. The smallest absolute Gasteiger partial charge is 0.243 e. The van der Waals surface area contributed by atoms with Gasteiger partial charge in [0.1, 0.15) is 18.7 Å². The number of carbonyl (C=O) groups excluding carboxylic acids is 1. The minimum absolute atomic E-state index is 0.00513. The molecule has 1 aliphatic rings. The van der Waals surface area contributed by atoms with Gasteiger partial charge in [0.25, 0.3) is 0 Å². The molecule has 1 saturated heterocycles. The van der Waals surface area contributed by atoms with E-state index in [1.165, 1.54) is 11.1 Å². The summed E-state index contributed by atoms with van der Waals surface area (Å²) in [5.74, 6) is 1.76.